The highest BCUT2D eigenvalue weighted by molar-refractivity contribution is 5.47. The van der Waals surface area contributed by atoms with Crippen molar-refractivity contribution in [3.8, 4) is 0 Å². The lowest BCUT2D eigenvalue weighted by atomic mass is 10.2. The molecule has 0 aromatic heterocycles. The zero-order valence-corrected chi connectivity index (χ0v) is 8.14. The molecular weight excluding hydrogens is 207 g/mol. The Morgan fingerprint density at radius 1 is 1.20 bits per heavy atom. The highest BCUT2D eigenvalue weighted by atomic mass is 19.2. The van der Waals surface area contributed by atoms with Gasteiger partial charge in [0, 0.05) is 24.7 Å². The van der Waals surface area contributed by atoms with E-state index in [9.17, 15) is 18.0 Å². The average Bonchev–Trinajstić information content (AvgIpc) is 2.21. The summed E-state index contributed by atoms with van der Waals surface area (Å²) in [6, 6.07) is 1.24. The molecule has 0 bridgehead atoms. The maximum atomic E-state index is 13.1. The number of nitrogens with zero attached hydrogens (tertiary/aromatic N) is 1. The van der Waals surface area contributed by atoms with E-state index >= 15 is 0 Å². The largest absolute Gasteiger partial charge is 0.341 e. The minimum atomic E-state index is -1.23. The minimum Gasteiger partial charge on any atom is -0.341 e. The van der Waals surface area contributed by atoms with E-state index in [1.165, 1.54) is 4.90 Å². The lowest BCUT2D eigenvalue weighted by Gasteiger charge is -2.15. The SMILES string of the molecule is CCN(C=O)Cc1cc(F)c(F)cc1F. The van der Waals surface area contributed by atoms with Gasteiger partial charge in [-0.05, 0) is 13.0 Å². The molecule has 15 heavy (non-hydrogen) atoms. The van der Waals surface area contributed by atoms with Gasteiger partial charge in [-0.1, -0.05) is 0 Å². The summed E-state index contributed by atoms with van der Waals surface area (Å²) >= 11 is 0. The first-order chi connectivity index (χ1) is 7.08. The molecule has 0 aliphatic rings. The van der Waals surface area contributed by atoms with E-state index in [1.54, 1.807) is 6.92 Å². The Kier molecular flexibility index (Phi) is 3.71. The van der Waals surface area contributed by atoms with E-state index < -0.39 is 17.5 Å². The van der Waals surface area contributed by atoms with Crippen molar-refractivity contribution in [2.24, 2.45) is 0 Å². The Labute approximate surface area is 85.3 Å². The monoisotopic (exact) mass is 217 g/mol. The van der Waals surface area contributed by atoms with Crippen molar-refractivity contribution in [2.45, 2.75) is 13.5 Å². The molecular formula is C10H10F3NO. The molecule has 1 aromatic carbocycles. The van der Waals surface area contributed by atoms with Crippen LogP contribution in [0.4, 0.5) is 13.2 Å². The zero-order chi connectivity index (χ0) is 11.4. The zero-order valence-electron chi connectivity index (χ0n) is 8.14. The molecule has 0 fully saturated rings. The first-order valence-corrected chi connectivity index (χ1v) is 4.41. The molecule has 0 atom stereocenters. The molecule has 2 nitrogen and oxygen atoms in total. The first-order valence-electron chi connectivity index (χ1n) is 4.41. The fraction of sp³-hybridized carbons (Fsp3) is 0.300. The van der Waals surface area contributed by atoms with Crippen molar-refractivity contribution in [3.05, 3.63) is 35.1 Å². The molecule has 0 radical (unpaired) electrons. The Hall–Kier alpha value is -1.52. The second kappa shape index (κ2) is 4.82. The Morgan fingerprint density at radius 3 is 2.33 bits per heavy atom. The number of hydrogen-bond acceptors (Lipinski definition) is 1. The predicted octanol–water partition coefficient (Wildman–Crippen LogP) is 2.08. The van der Waals surface area contributed by atoms with Gasteiger partial charge in [-0.2, -0.15) is 0 Å². The highest BCUT2D eigenvalue weighted by Crippen LogP contribution is 2.14. The Balaban J connectivity index is 2.94. The normalized spacial score (nSPS) is 10.1. The van der Waals surface area contributed by atoms with Crippen LogP contribution < -0.4 is 0 Å². The molecule has 0 spiro atoms. The van der Waals surface area contributed by atoms with Crippen LogP contribution in [0.3, 0.4) is 0 Å². The van der Waals surface area contributed by atoms with Crippen LogP contribution in [0, 0.1) is 17.5 Å². The Morgan fingerprint density at radius 2 is 1.80 bits per heavy atom. The van der Waals surface area contributed by atoms with Crippen LogP contribution in [-0.2, 0) is 11.3 Å². The van der Waals surface area contributed by atoms with Gasteiger partial charge in [0.1, 0.15) is 5.82 Å². The summed E-state index contributed by atoms with van der Waals surface area (Å²) in [7, 11) is 0. The van der Waals surface area contributed by atoms with Crippen LogP contribution in [-0.4, -0.2) is 17.9 Å². The van der Waals surface area contributed by atoms with Crippen molar-refractivity contribution >= 4 is 6.41 Å². The number of hydrogen-bond donors (Lipinski definition) is 0. The summed E-state index contributed by atoms with van der Waals surface area (Å²) in [5, 5.41) is 0. The third-order valence-corrected chi connectivity index (χ3v) is 2.02. The maximum absolute atomic E-state index is 13.1. The average molecular weight is 217 g/mol. The standard InChI is InChI=1S/C10H10F3NO/c1-2-14(6-15)5-7-3-9(12)10(13)4-8(7)11/h3-4,6H,2,5H2,1H3. The highest BCUT2D eigenvalue weighted by Gasteiger charge is 2.11. The minimum absolute atomic E-state index is 0.0390. The van der Waals surface area contributed by atoms with Gasteiger partial charge in [0.15, 0.2) is 11.6 Å². The number of rotatable bonds is 4. The summed E-state index contributed by atoms with van der Waals surface area (Å²) in [4.78, 5) is 11.7. The van der Waals surface area contributed by atoms with Crippen LogP contribution in [0.2, 0.25) is 0 Å². The molecule has 0 N–H and O–H groups in total. The van der Waals surface area contributed by atoms with Crippen LogP contribution in [0.1, 0.15) is 12.5 Å². The van der Waals surface area contributed by atoms with Gasteiger partial charge in [0.25, 0.3) is 0 Å². The molecule has 0 unspecified atom stereocenters. The fourth-order valence-corrected chi connectivity index (χ4v) is 1.13. The summed E-state index contributed by atoms with van der Waals surface area (Å²) in [6.45, 7) is 2.01. The van der Waals surface area contributed by atoms with Gasteiger partial charge >= 0.3 is 0 Å². The second-order valence-corrected chi connectivity index (χ2v) is 3.03. The predicted molar refractivity (Wildman–Crippen MR) is 48.5 cm³/mol. The summed E-state index contributed by atoms with van der Waals surface area (Å²) in [6.07, 6.45) is 0.528. The second-order valence-electron chi connectivity index (χ2n) is 3.03. The summed E-state index contributed by atoms with van der Waals surface area (Å²) in [5.41, 5.74) is -0.0390. The molecule has 0 saturated carbocycles. The molecule has 82 valence electrons. The van der Waals surface area contributed by atoms with Crippen molar-refractivity contribution in [2.75, 3.05) is 6.54 Å². The number of halogens is 3. The first kappa shape index (κ1) is 11.6. The van der Waals surface area contributed by atoms with Crippen molar-refractivity contribution in [1.82, 2.24) is 4.90 Å². The van der Waals surface area contributed by atoms with Crippen LogP contribution in [0.5, 0.6) is 0 Å². The molecule has 1 amide bonds. The molecule has 0 aliphatic heterocycles. The van der Waals surface area contributed by atoms with Gasteiger partial charge in [-0.25, -0.2) is 13.2 Å². The molecule has 5 heteroatoms. The third kappa shape index (κ3) is 2.71. The number of carbonyl (C=O) groups excluding carboxylic acids is 1. The van der Waals surface area contributed by atoms with Crippen molar-refractivity contribution in [1.29, 1.82) is 0 Å². The van der Waals surface area contributed by atoms with Crippen molar-refractivity contribution < 1.29 is 18.0 Å². The van der Waals surface area contributed by atoms with Crippen LogP contribution in [0.15, 0.2) is 12.1 Å². The molecule has 1 rings (SSSR count). The lowest BCUT2D eigenvalue weighted by Crippen LogP contribution is -2.21. The fourth-order valence-electron chi connectivity index (χ4n) is 1.13. The van der Waals surface area contributed by atoms with Gasteiger partial charge in [-0.15, -0.1) is 0 Å². The molecule has 1 aromatic rings. The van der Waals surface area contributed by atoms with Gasteiger partial charge in [0.05, 0.1) is 0 Å². The van der Waals surface area contributed by atoms with Gasteiger partial charge in [-0.3, -0.25) is 4.79 Å². The summed E-state index contributed by atoms with van der Waals surface area (Å²) < 4.78 is 38.4. The number of amides is 1. The van der Waals surface area contributed by atoms with Crippen LogP contribution in [0.25, 0.3) is 0 Å². The molecule has 0 saturated heterocycles. The van der Waals surface area contributed by atoms with Crippen LogP contribution >= 0.6 is 0 Å². The maximum Gasteiger partial charge on any atom is 0.209 e. The van der Waals surface area contributed by atoms with E-state index in [0.717, 1.165) is 6.07 Å². The lowest BCUT2D eigenvalue weighted by molar-refractivity contribution is -0.118. The summed E-state index contributed by atoms with van der Waals surface area (Å²) in [5.74, 6) is -3.20. The van der Waals surface area contributed by atoms with E-state index in [-0.39, 0.29) is 12.1 Å². The quantitative estimate of drug-likeness (QED) is 0.558. The molecule has 0 heterocycles. The van der Waals surface area contributed by atoms with E-state index in [0.29, 0.717) is 19.0 Å². The van der Waals surface area contributed by atoms with E-state index in [1.807, 2.05) is 0 Å². The van der Waals surface area contributed by atoms with E-state index in [2.05, 4.69) is 0 Å². The van der Waals surface area contributed by atoms with E-state index in [4.69, 9.17) is 0 Å². The third-order valence-electron chi connectivity index (χ3n) is 2.02. The smallest absolute Gasteiger partial charge is 0.209 e. The number of carbonyl (C=O) groups is 1. The molecule has 0 aliphatic carbocycles. The number of benzene rings is 1. The topological polar surface area (TPSA) is 20.3 Å². The van der Waals surface area contributed by atoms with Crippen molar-refractivity contribution in [3.63, 3.8) is 0 Å². The van der Waals surface area contributed by atoms with Gasteiger partial charge in [0.2, 0.25) is 6.41 Å². The van der Waals surface area contributed by atoms with Gasteiger partial charge < -0.3 is 4.90 Å². The Bertz CT molecular complexity index is 368.